The highest BCUT2D eigenvalue weighted by molar-refractivity contribution is 5.80. The number of aliphatic imine (C=N–C) groups is 1. The highest BCUT2D eigenvalue weighted by Gasteiger charge is 2.16. The lowest BCUT2D eigenvalue weighted by Crippen LogP contribution is -2.39. The number of benzene rings is 1. The van der Waals surface area contributed by atoms with Crippen LogP contribution in [0.15, 0.2) is 41.5 Å². The molecule has 0 atom stereocenters. The van der Waals surface area contributed by atoms with Crippen LogP contribution < -0.4 is 25.0 Å². The van der Waals surface area contributed by atoms with Gasteiger partial charge in [0.1, 0.15) is 17.3 Å². The lowest BCUT2D eigenvalue weighted by Gasteiger charge is -2.29. The molecule has 32 heavy (non-hydrogen) atoms. The summed E-state index contributed by atoms with van der Waals surface area (Å²) in [6.45, 7) is 3.27. The van der Waals surface area contributed by atoms with Crippen molar-refractivity contribution in [1.29, 1.82) is 0 Å². The molecule has 0 bridgehead atoms. The summed E-state index contributed by atoms with van der Waals surface area (Å²) < 4.78 is 40.8. The van der Waals surface area contributed by atoms with E-state index in [0.717, 1.165) is 24.5 Å². The fraction of sp³-hybridized carbons (Fsp3) is 0.455. The van der Waals surface area contributed by atoms with E-state index in [2.05, 4.69) is 30.2 Å². The van der Waals surface area contributed by atoms with Crippen molar-refractivity contribution in [3.63, 3.8) is 0 Å². The largest absolute Gasteiger partial charge is 0.497 e. The van der Waals surface area contributed by atoms with Crippen molar-refractivity contribution in [2.45, 2.75) is 26.6 Å². The third-order valence-corrected chi connectivity index (χ3v) is 4.86. The molecule has 1 aromatic heterocycles. The predicted octanol–water partition coefficient (Wildman–Crippen LogP) is 2.78. The van der Waals surface area contributed by atoms with Crippen LogP contribution in [0.25, 0.3) is 0 Å². The number of guanidine groups is 1. The van der Waals surface area contributed by atoms with Crippen LogP contribution in [0.3, 0.4) is 0 Å². The fourth-order valence-electron chi connectivity index (χ4n) is 3.33. The average Bonchev–Trinajstić information content (AvgIpc) is 2.82. The van der Waals surface area contributed by atoms with Crippen LogP contribution in [0, 0.1) is 0 Å². The van der Waals surface area contributed by atoms with Crippen LogP contribution in [0.2, 0.25) is 0 Å². The van der Waals surface area contributed by atoms with Gasteiger partial charge in [0.25, 0.3) is 0 Å². The van der Waals surface area contributed by atoms with E-state index in [4.69, 9.17) is 9.47 Å². The van der Waals surface area contributed by atoms with E-state index in [1.165, 1.54) is 13.2 Å². The number of methoxy groups -OCH3 is 1. The van der Waals surface area contributed by atoms with E-state index in [1.54, 1.807) is 18.3 Å². The number of pyridine rings is 1. The summed E-state index contributed by atoms with van der Waals surface area (Å²) in [5.41, 5.74) is 1.53. The zero-order valence-corrected chi connectivity index (χ0v) is 18.3. The van der Waals surface area contributed by atoms with Gasteiger partial charge in [0.05, 0.1) is 26.9 Å². The van der Waals surface area contributed by atoms with Crippen molar-refractivity contribution in [2.24, 2.45) is 4.99 Å². The molecule has 1 fully saturated rings. The maximum absolute atomic E-state index is 12.8. The Labute approximate surface area is 186 Å². The van der Waals surface area contributed by atoms with Gasteiger partial charge in [-0.15, -0.1) is 0 Å². The molecule has 0 saturated carbocycles. The zero-order valence-electron chi connectivity index (χ0n) is 18.3. The van der Waals surface area contributed by atoms with Gasteiger partial charge in [-0.25, -0.2) is 9.98 Å². The number of anilines is 1. The monoisotopic (exact) mass is 449 g/mol. The second kappa shape index (κ2) is 12.0. The van der Waals surface area contributed by atoms with E-state index in [1.807, 2.05) is 19.1 Å². The van der Waals surface area contributed by atoms with Crippen molar-refractivity contribution < 1.29 is 23.0 Å². The third kappa shape index (κ3) is 6.68. The van der Waals surface area contributed by atoms with Gasteiger partial charge in [-0.2, -0.15) is 8.78 Å². The standard InChI is InChI=1S/C22H29F2N5O3/c1-3-25-22(28-15-17-13-18(30-2)6-7-19(17)32-21(23)24)27-14-16-5-4-8-26-20(16)29-9-11-31-12-10-29/h4-8,13,21H,3,9-12,14-15H2,1-2H3,(H2,25,27,28). The Kier molecular flexibility index (Phi) is 8.85. The highest BCUT2D eigenvalue weighted by Crippen LogP contribution is 2.26. The molecule has 2 N–H and O–H groups in total. The zero-order chi connectivity index (χ0) is 22.8. The fourth-order valence-corrected chi connectivity index (χ4v) is 3.33. The Hall–Kier alpha value is -3.14. The molecule has 174 valence electrons. The normalized spacial score (nSPS) is 14.4. The molecule has 0 amide bonds. The maximum atomic E-state index is 12.8. The summed E-state index contributed by atoms with van der Waals surface area (Å²) in [5, 5.41) is 6.47. The minimum Gasteiger partial charge on any atom is -0.497 e. The van der Waals surface area contributed by atoms with Crippen LogP contribution in [0.4, 0.5) is 14.6 Å². The number of alkyl halides is 2. The first-order chi connectivity index (χ1) is 15.6. The Balaban J connectivity index is 1.73. The molecule has 0 spiro atoms. The Morgan fingerprint density at radius 2 is 2.03 bits per heavy atom. The van der Waals surface area contributed by atoms with Crippen molar-refractivity contribution in [3.8, 4) is 11.5 Å². The summed E-state index contributed by atoms with van der Waals surface area (Å²) in [6, 6.07) is 8.59. The van der Waals surface area contributed by atoms with Crippen LogP contribution >= 0.6 is 0 Å². The molecule has 1 aromatic carbocycles. The van der Waals surface area contributed by atoms with E-state index in [0.29, 0.717) is 43.6 Å². The molecule has 10 heteroatoms. The number of hydrogen-bond acceptors (Lipinski definition) is 6. The summed E-state index contributed by atoms with van der Waals surface area (Å²) >= 11 is 0. The molecule has 2 aromatic rings. The van der Waals surface area contributed by atoms with Crippen LogP contribution in [0.1, 0.15) is 18.1 Å². The number of ether oxygens (including phenoxy) is 3. The number of morpholine rings is 1. The first kappa shape index (κ1) is 23.5. The van der Waals surface area contributed by atoms with Gasteiger partial charge in [0, 0.05) is 43.5 Å². The predicted molar refractivity (Wildman–Crippen MR) is 119 cm³/mol. The van der Waals surface area contributed by atoms with Crippen LogP contribution in [0.5, 0.6) is 11.5 Å². The number of nitrogens with zero attached hydrogens (tertiary/aromatic N) is 3. The molecule has 1 aliphatic heterocycles. The second-order valence-electron chi connectivity index (χ2n) is 6.99. The summed E-state index contributed by atoms with van der Waals surface area (Å²) in [6.07, 6.45) is 1.78. The lowest BCUT2D eigenvalue weighted by atomic mass is 10.2. The Bertz CT molecular complexity index is 892. The molecule has 8 nitrogen and oxygen atoms in total. The van der Waals surface area contributed by atoms with Crippen molar-refractivity contribution in [1.82, 2.24) is 15.6 Å². The molecular formula is C22H29F2N5O3. The van der Waals surface area contributed by atoms with Crippen molar-refractivity contribution in [2.75, 3.05) is 44.9 Å². The minimum absolute atomic E-state index is 0.0715. The Morgan fingerprint density at radius 3 is 2.75 bits per heavy atom. The quantitative estimate of drug-likeness (QED) is 0.450. The van der Waals surface area contributed by atoms with Crippen LogP contribution in [-0.4, -0.2) is 57.5 Å². The van der Waals surface area contributed by atoms with Gasteiger partial charge in [-0.05, 0) is 31.2 Å². The first-order valence-electron chi connectivity index (χ1n) is 10.5. The topological polar surface area (TPSA) is 80.2 Å². The number of nitrogens with one attached hydrogen (secondary N) is 2. The SMILES string of the molecule is CCNC(=NCc1cc(OC)ccc1OC(F)F)NCc1cccnc1N1CCOCC1. The van der Waals surface area contributed by atoms with Crippen molar-refractivity contribution >= 4 is 11.8 Å². The smallest absolute Gasteiger partial charge is 0.387 e. The number of hydrogen-bond donors (Lipinski definition) is 2. The van der Waals surface area contributed by atoms with Gasteiger partial charge in [0.15, 0.2) is 5.96 Å². The van der Waals surface area contributed by atoms with E-state index in [9.17, 15) is 8.78 Å². The van der Waals surface area contributed by atoms with Gasteiger partial charge in [-0.1, -0.05) is 6.07 Å². The number of aromatic nitrogens is 1. The number of rotatable bonds is 9. The van der Waals surface area contributed by atoms with Crippen LogP contribution in [-0.2, 0) is 17.8 Å². The molecule has 0 unspecified atom stereocenters. The Morgan fingerprint density at radius 1 is 1.22 bits per heavy atom. The highest BCUT2D eigenvalue weighted by atomic mass is 19.3. The molecule has 1 aliphatic rings. The van der Waals surface area contributed by atoms with Gasteiger partial charge < -0.3 is 29.7 Å². The lowest BCUT2D eigenvalue weighted by molar-refractivity contribution is -0.0504. The van der Waals surface area contributed by atoms with Gasteiger partial charge in [0.2, 0.25) is 0 Å². The van der Waals surface area contributed by atoms with Gasteiger partial charge in [-0.3, -0.25) is 0 Å². The van der Waals surface area contributed by atoms with Crippen molar-refractivity contribution in [3.05, 3.63) is 47.7 Å². The molecule has 2 heterocycles. The maximum Gasteiger partial charge on any atom is 0.387 e. The molecule has 0 aliphatic carbocycles. The van der Waals surface area contributed by atoms with E-state index < -0.39 is 6.61 Å². The van der Waals surface area contributed by atoms with Gasteiger partial charge >= 0.3 is 6.61 Å². The molecule has 1 saturated heterocycles. The summed E-state index contributed by atoms with van der Waals surface area (Å²) in [5.74, 6) is 2.08. The second-order valence-corrected chi connectivity index (χ2v) is 6.99. The summed E-state index contributed by atoms with van der Waals surface area (Å²) in [7, 11) is 1.52. The first-order valence-corrected chi connectivity index (χ1v) is 10.5. The minimum atomic E-state index is -2.92. The molecule has 0 radical (unpaired) electrons. The molecular weight excluding hydrogens is 420 g/mol. The summed E-state index contributed by atoms with van der Waals surface area (Å²) in [4.78, 5) is 11.3. The number of halogens is 2. The van der Waals surface area contributed by atoms with E-state index >= 15 is 0 Å². The van der Waals surface area contributed by atoms with E-state index in [-0.39, 0.29) is 12.3 Å². The molecule has 3 rings (SSSR count). The third-order valence-electron chi connectivity index (χ3n) is 4.86. The average molecular weight is 450 g/mol.